The molecule has 2 N–H and O–H groups in total. The number of anilines is 3. The van der Waals surface area contributed by atoms with Crippen molar-refractivity contribution in [1.82, 2.24) is 9.88 Å². The summed E-state index contributed by atoms with van der Waals surface area (Å²) in [7, 11) is 2.10. The van der Waals surface area contributed by atoms with E-state index in [0.717, 1.165) is 42.4 Å². The Labute approximate surface area is 209 Å². The predicted octanol–water partition coefficient (Wildman–Crippen LogP) is 5.16. The molecule has 0 saturated carbocycles. The fraction of sp³-hybridized carbons (Fsp3) is 0.346. The monoisotopic (exact) mass is 493 g/mol. The zero-order chi connectivity index (χ0) is 25.0. The molecule has 0 unspecified atom stereocenters. The van der Waals surface area contributed by atoms with Crippen LogP contribution >= 0.6 is 11.3 Å². The van der Waals surface area contributed by atoms with Crippen LogP contribution in [0.15, 0.2) is 54.7 Å². The summed E-state index contributed by atoms with van der Waals surface area (Å²) < 4.78 is 5.40. The maximum absolute atomic E-state index is 13.2. The van der Waals surface area contributed by atoms with E-state index < -0.39 is 11.7 Å². The topological polar surface area (TPSA) is 86.8 Å². The number of carbonyl (C=O) groups is 2. The Hall–Kier alpha value is -3.43. The zero-order valence-electron chi connectivity index (χ0n) is 20.5. The number of carbonyl (C=O) groups excluding carboxylic acids is 2. The third-order valence-corrected chi connectivity index (χ3v) is 6.56. The summed E-state index contributed by atoms with van der Waals surface area (Å²) in [4.78, 5) is 35.1. The van der Waals surface area contributed by atoms with Crippen molar-refractivity contribution < 1.29 is 14.3 Å². The number of amides is 2. The van der Waals surface area contributed by atoms with Crippen molar-refractivity contribution in [3.8, 4) is 11.1 Å². The Kier molecular flexibility index (Phi) is 7.37. The lowest BCUT2D eigenvalue weighted by atomic mass is 10.0. The van der Waals surface area contributed by atoms with Crippen LogP contribution in [0.3, 0.4) is 0 Å². The summed E-state index contributed by atoms with van der Waals surface area (Å²) >= 11 is 1.37. The summed E-state index contributed by atoms with van der Waals surface area (Å²) in [5, 5.41) is 6.57. The second-order valence-corrected chi connectivity index (χ2v) is 10.5. The second kappa shape index (κ2) is 10.5. The number of likely N-dealkylation sites (N-methyl/N-ethyl adjacent to an activating group) is 1. The Morgan fingerprint density at radius 1 is 0.943 bits per heavy atom. The maximum atomic E-state index is 13.2. The molecule has 1 aliphatic heterocycles. The van der Waals surface area contributed by atoms with Gasteiger partial charge in [0.2, 0.25) is 0 Å². The SMILES string of the molecule is CN1CCN(c2ncc(C(=O)Nc3cc(-c4ccccc4)ccc3NC(=O)OC(C)(C)C)s2)CC1. The van der Waals surface area contributed by atoms with Gasteiger partial charge in [-0.1, -0.05) is 47.7 Å². The van der Waals surface area contributed by atoms with Crippen molar-refractivity contribution in [3.05, 3.63) is 59.6 Å². The number of hydrogen-bond acceptors (Lipinski definition) is 7. The van der Waals surface area contributed by atoms with Crippen LogP contribution in [0.4, 0.5) is 21.3 Å². The fourth-order valence-electron chi connectivity index (χ4n) is 3.68. The van der Waals surface area contributed by atoms with E-state index in [1.807, 2.05) is 42.5 Å². The molecule has 3 aromatic rings. The second-order valence-electron chi connectivity index (χ2n) is 9.50. The molecule has 2 amide bonds. The van der Waals surface area contributed by atoms with Gasteiger partial charge in [0.15, 0.2) is 5.13 Å². The molecule has 9 heteroatoms. The lowest BCUT2D eigenvalue weighted by Crippen LogP contribution is -2.44. The molecule has 184 valence electrons. The highest BCUT2D eigenvalue weighted by Crippen LogP contribution is 2.31. The molecule has 4 rings (SSSR count). The first-order chi connectivity index (χ1) is 16.7. The predicted molar refractivity (Wildman–Crippen MR) is 142 cm³/mol. The van der Waals surface area contributed by atoms with Gasteiger partial charge in [0.1, 0.15) is 10.5 Å². The first-order valence-corrected chi connectivity index (χ1v) is 12.4. The smallest absolute Gasteiger partial charge is 0.412 e. The third-order valence-electron chi connectivity index (χ3n) is 5.50. The van der Waals surface area contributed by atoms with Gasteiger partial charge in [0, 0.05) is 26.2 Å². The van der Waals surface area contributed by atoms with Crippen LogP contribution in [-0.2, 0) is 4.74 Å². The number of rotatable bonds is 5. The van der Waals surface area contributed by atoms with Gasteiger partial charge in [0.25, 0.3) is 5.91 Å². The van der Waals surface area contributed by atoms with Gasteiger partial charge in [-0.05, 0) is 51.1 Å². The average molecular weight is 494 g/mol. The summed E-state index contributed by atoms with van der Waals surface area (Å²) in [5.41, 5.74) is 2.22. The molecule has 1 saturated heterocycles. The van der Waals surface area contributed by atoms with Gasteiger partial charge >= 0.3 is 6.09 Å². The van der Waals surface area contributed by atoms with Crippen LogP contribution in [0.5, 0.6) is 0 Å². The summed E-state index contributed by atoms with van der Waals surface area (Å²) in [6.45, 7) is 9.10. The standard InChI is InChI=1S/C26H31N5O3S/c1-26(2,3)34-25(33)29-20-11-10-19(18-8-6-5-7-9-18)16-21(20)28-23(32)22-17-27-24(35-22)31-14-12-30(4)13-15-31/h5-11,16-17H,12-15H2,1-4H3,(H,28,32)(H,29,33). The quantitative estimate of drug-likeness (QED) is 0.511. The molecule has 2 heterocycles. The normalized spacial score (nSPS) is 14.5. The Bertz CT molecular complexity index is 1180. The minimum atomic E-state index is -0.639. The molecular weight excluding hydrogens is 462 g/mol. The van der Waals surface area contributed by atoms with Gasteiger partial charge < -0.3 is 19.9 Å². The summed E-state index contributed by atoms with van der Waals surface area (Å²) in [5.74, 6) is -0.277. The number of nitrogens with zero attached hydrogens (tertiary/aromatic N) is 3. The number of nitrogens with one attached hydrogen (secondary N) is 2. The van der Waals surface area contributed by atoms with Crippen LogP contribution < -0.4 is 15.5 Å². The van der Waals surface area contributed by atoms with E-state index >= 15 is 0 Å². The molecule has 1 fully saturated rings. The highest BCUT2D eigenvalue weighted by Gasteiger charge is 2.21. The zero-order valence-corrected chi connectivity index (χ0v) is 21.3. The number of hydrogen-bond donors (Lipinski definition) is 2. The first-order valence-electron chi connectivity index (χ1n) is 11.6. The van der Waals surface area contributed by atoms with Gasteiger partial charge in [-0.15, -0.1) is 0 Å². The van der Waals surface area contributed by atoms with Crippen molar-refractivity contribution in [3.63, 3.8) is 0 Å². The van der Waals surface area contributed by atoms with E-state index in [9.17, 15) is 9.59 Å². The molecule has 0 atom stereocenters. The number of thiazole rings is 1. The van der Waals surface area contributed by atoms with Crippen LogP contribution in [0.25, 0.3) is 11.1 Å². The van der Waals surface area contributed by atoms with Crippen LogP contribution in [0.1, 0.15) is 30.4 Å². The Balaban J connectivity index is 1.56. The minimum absolute atomic E-state index is 0.277. The third kappa shape index (κ3) is 6.58. The lowest BCUT2D eigenvalue weighted by Gasteiger charge is -2.32. The van der Waals surface area contributed by atoms with E-state index in [4.69, 9.17) is 4.74 Å². The van der Waals surface area contributed by atoms with Crippen LogP contribution in [-0.4, -0.2) is 60.7 Å². The maximum Gasteiger partial charge on any atom is 0.412 e. The highest BCUT2D eigenvalue weighted by atomic mass is 32.1. The minimum Gasteiger partial charge on any atom is -0.444 e. The molecule has 1 aliphatic rings. The lowest BCUT2D eigenvalue weighted by molar-refractivity contribution is 0.0635. The summed E-state index contributed by atoms with van der Waals surface area (Å²) in [6, 6.07) is 15.4. The fourth-order valence-corrected chi connectivity index (χ4v) is 4.54. The molecule has 1 aromatic heterocycles. The molecule has 0 aliphatic carbocycles. The van der Waals surface area contributed by atoms with Crippen molar-refractivity contribution in [1.29, 1.82) is 0 Å². The summed E-state index contributed by atoms with van der Waals surface area (Å²) in [6.07, 6.45) is 1.02. The van der Waals surface area contributed by atoms with E-state index in [0.29, 0.717) is 16.3 Å². The van der Waals surface area contributed by atoms with E-state index in [1.165, 1.54) is 11.3 Å². The van der Waals surface area contributed by atoms with E-state index in [2.05, 4.69) is 32.5 Å². The molecule has 2 aromatic carbocycles. The van der Waals surface area contributed by atoms with Crippen molar-refractivity contribution in [2.45, 2.75) is 26.4 Å². The van der Waals surface area contributed by atoms with Crippen LogP contribution in [0.2, 0.25) is 0 Å². The van der Waals surface area contributed by atoms with E-state index in [-0.39, 0.29) is 5.91 Å². The van der Waals surface area contributed by atoms with Gasteiger partial charge in [-0.25, -0.2) is 9.78 Å². The Morgan fingerprint density at radius 3 is 2.34 bits per heavy atom. The largest absolute Gasteiger partial charge is 0.444 e. The van der Waals surface area contributed by atoms with Gasteiger partial charge in [-0.3, -0.25) is 10.1 Å². The Morgan fingerprint density at radius 2 is 1.66 bits per heavy atom. The highest BCUT2D eigenvalue weighted by molar-refractivity contribution is 7.17. The number of ether oxygens (including phenoxy) is 1. The first kappa shape index (κ1) is 24.7. The van der Waals surface area contributed by atoms with Gasteiger partial charge in [-0.2, -0.15) is 0 Å². The van der Waals surface area contributed by atoms with Crippen molar-refractivity contribution >= 4 is 39.8 Å². The molecule has 8 nitrogen and oxygen atoms in total. The number of benzene rings is 2. The molecule has 0 radical (unpaired) electrons. The number of aromatic nitrogens is 1. The van der Waals surface area contributed by atoms with E-state index in [1.54, 1.807) is 33.0 Å². The van der Waals surface area contributed by atoms with Crippen molar-refractivity contribution in [2.24, 2.45) is 0 Å². The molecule has 0 spiro atoms. The number of piperazine rings is 1. The van der Waals surface area contributed by atoms with Crippen molar-refractivity contribution in [2.75, 3.05) is 48.8 Å². The van der Waals surface area contributed by atoms with Crippen LogP contribution in [0, 0.1) is 0 Å². The average Bonchev–Trinajstić information content (AvgIpc) is 3.30. The molecular formula is C26H31N5O3S. The molecule has 0 bridgehead atoms. The molecule has 35 heavy (non-hydrogen) atoms. The van der Waals surface area contributed by atoms with Gasteiger partial charge in [0.05, 0.1) is 17.6 Å².